The maximum Gasteiger partial charge on any atom is 0.434 e. The van der Waals surface area contributed by atoms with Crippen LogP contribution in [0.2, 0.25) is 0 Å². The summed E-state index contributed by atoms with van der Waals surface area (Å²) in [4.78, 5) is 0. The van der Waals surface area contributed by atoms with Crippen LogP contribution in [0.15, 0.2) is 191 Å². The van der Waals surface area contributed by atoms with Crippen LogP contribution in [-0.2, 0) is 0 Å². The van der Waals surface area contributed by atoms with Crippen molar-refractivity contribution in [1.82, 2.24) is 4.57 Å². The second kappa shape index (κ2) is 11.8. The van der Waals surface area contributed by atoms with Crippen molar-refractivity contribution in [3.05, 3.63) is 182 Å². The van der Waals surface area contributed by atoms with Crippen molar-refractivity contribution in [3.63, 3.8) is 0 Å². The normalized spacial score (nSPS) is 12.9. The van der Waals surface area contributed by atoms with E-state index in [1.165, 1.54) is 21.8 Å². The highest BCUT2D eigenvalue weighted by Crippen LogP contribution is 2.45. The molecule has 0 saturated heterocycles. The van der Waals surface area contributed by atoms with Gasteiger partial charge in [-0.1, -0.05) is 109 Å². The maximum absolute atomic E-state index is 6.97. The summed E-state index contributed by atoms with van der Waals surface area (Å²) in [5, 5.41) is 6.66. The number of hydrogen-bond donors (Lipinski definition) is 0. The molecule has 0 amide bonds. The van der Waals surface area contributed by atoms with Gasteiger partial charge in [-0.25, -0.2) is 0 Å². The van der Waals surface area contributed by atoms with Crippen LogP contribution in [-0.4, -0.2) is 11.5 Å². The lowest BCUT2D eigenvalue weighted by Crippen LogP contribution is -2.53. The van der Waals surface area contributed by atoms with Gasteiger partial charge in [0.15, 0.2) is 0 Å². The summed E-state index contributed by atoms with van der Waals surface area (Å²) in [7, 11) is 0. The summed E-state index contributed by atoms with van der Waals surface area (Å²) in [5.74, 6) is 2.44. The highest BCUT2D eigenvalue weighted by atomic mass is 16.5. The number of hydrogen-bond acceptors (Lipinski definition) is 4. The predicted octanol–water partition coefficient (Wildman–Crippen LogP) is 13.2. The van der Waals surface area contributed by atoms with Gasteiger partial charge in [0.2, 0.25) is 0 Å². The first-order valence-corrected chi connectivity index (χ1v) is 20.3. The molecule has 0 fully saturated rings. The van der Waals surface area contributed by atoms with Gasteiger partial charge in [0.05, 0.1) is 16.4 Å². The molecular formula is C54H30BNO4. The molecule has 5 heterocycles. The fraction of sp³-hybridized carbons (Fsp3) is 0. The number of ether oxygens (including phenoxy) is 1. The van der Waals surface area contributed by atoms with Crippen molar-refractivity contribution in [2.24, 2.45) is 0 Å². The van der Waals surface area contributed by atoms with Crippen molar-refractivity contribution in [3.8, 4) is 56.3 Å². The Kier molecular flexibility index (Phi) is 6.31. The van der Waals surface area contributed by atoms with E-state index in [0.717, 1.165) is 111 Å². The Balaban J connectivity index is 0.929. The van der Waals surface area contributed by atoms with E-state index in [9.17, 15) is 0 Å². The summed E-state index contributed by atoms with van der Waals surface area (Å²) in [6.07, 6.45) is 0. The average molecular weight is 768 g/mol. The van der Waals surface area contributed by atoms with E-state index in [1.807, 2.05) is 24.3 Å². The Morgan fingerprint density at radius 3 is 2.02 bits per heavy atom. The Labute approximate surface area is 343 Å². The molecule has 14 rings (SSSR count). The van der Waals surface area contributed by atoms with Crippen LogP contribution in [0.1, 0.15) is 0 Å². The second-order valence-corrected chi connectivity index (χ2v) is 15.9. The summed E-state index contributed by atoms with van der Waals surface area (Å²) in [6, 6.07) is 64.0. The molecule has 2 aliphatic rings. The molecule has 2 aliphatic heterocycles. The summed E-state index contributed by atoms with van der Waals surface area (Å²) in [6.45, 7) is -0.367. The number of para-hydroxylation sites is 4. The minimum absolute atomic E-state index is 0.367. The highest BCUT2D eigenvalue weighted by Gasteiger charge is 2.41. The van der Waals surface area contributed by atoms with E-state index in [4.69, 9.17) is 18.2 Å². The first kappa shape index (κ1) is 32.1. The molecule has 6 heteroatoms. The van der Waals surface area contributed by atoms with Gasteiger partial charge in [0.1, 0.15) is 39.6 Å². The van der Waals surface area contributed by atoms with Crippen LogP contribution >= 0.6 is 0 Å². The fourth-order valence-electron chi connectivity index (χ4n) is 10.1. The number of benzene rings is 9. The molecule has 3 aromatic heterocycles. The third kappa shape index (κ3) is 4.37. The Bertz CT molecular complexity index is 3760. The lowest BCUT2D eigenvalue weighted by atomic mass is 9.50. The lowest BCUT2D eigenvalue weighted by Gasteiger charge is -2.33. The molecule has 9 aromatic carbocycles. The fourth-order valence-corrected chi connectivity index (χ4v) is 10.1. The molecule has 0 N–H and O–H groups in total. The van der Waals surface area contributed by atoms with Crippen molar-refractivity contribution in [1.29, 1.82) is 0 Å². The topological polar surface area (TPSA) is 49.7 Å². The molecule has 278 valence electrons. The quantitative estimate of drug-likeness (QED) is 0.168. The number of aromatic nitrogens is 1. The van der Waals surface area contributed by atoms with Crippen LogP contribution in [0.25, 0.3) is 105 Å². The largest absolute Gasteiger partial charge is 0.551 e. The third-order valence-electron chi connectivity index (χ3n) is 12.7. The Morgan fingerprint density at radius 1 is 0.400 bits per heavy atom. The minimum atomic E-state index is -0.367. The molecular weight excluding hydrogens is 737 g/mol. The summed E-state index contributed by atoms with van der Waals surface area (Å²) < 4.78 is 29.3. The van der Waals surface area contributed by atoms with Gasteiger partial charge in [0.25, 0.3) is 0 Å². The number of rotatable bonds is 3. The molecule has 5 nitrogen and oxygen atoms in total. The smallest absolute Gasteiger partial charge is 0.434 e. The van der Waals surface area contributed by atoms with Crippen LogP contribution in [0.4, 0.5) is 0 Å². The van der Waals surface area contributed by atoms with Crippen molar-refractivity contribution >= 4 is 83.5 Å². The second-order valence-electron chi connectivity index (χ2n) is 15.9. The molecule has 0 aliphatic carbocycles. The number of nitrogens with zero attached hydrogens (tertiary/aromatic N) is 1. The average Bonchev–Trinajstić information content (AvgIpc) is 3.99. The van der Waals surface area contributed by atoms with Gasteiger partial charge in [-0.3, -0.25) is 0 Å². The predicted molar refractivity (Wildman–Crippen MR) is 244 cm³/mol. The maximum atomic E-state index is 6.97. The third-order valence-corrected chi connectivity index (χ3v) is 12.7. The molecule has 0 bridgehead atoms. The van der Waals surface area contributed by atoms with Gasteiger partial charge < -0.3 is 22.8 Å². The zero-order chi connectivity index (χ0) is 39.1. The van der Waals surface area contributed by atoms with E-state index in [2.05, 4.69) is 162 Å². The van der Waals surface area contributed by atoms with E-state index >= 15 is 0 Å². The molecule has 0 spiro atoms. The van der Waals surface area contributed by atoms with E-state index in [1.54, 1.807) is 0 Å². The van der Waals surface area contributed by atoms with Gasteiger partial charge in [-0.2, -0.15) is 0 Å². The number of fused-ring (bicyclic) bond motifs is 14. The van der Waals surface area contributed by atoms with Gasteiger partial charge >= 0.3 is 6.92 Å². The molecule has 12 aromatic rings. The van der Waals surface area contributed by atoms with Crippen molar-refractivity contribution in [2.45, 2.75) is 0 Å². The van der Waals surface area contributed by atoms with E-state index in [0.29, 0.717) is 0 Å². The highest BCUT2D eigenvalue weighted by molar-refractivity contribution is 6.84. The monoisotopic (exact) mass is 767 g/mol. The van der Waals surface area contributed by atoms with Gasteiger partial charge in [0, 0.05) is 49.1 Å². The Morgan fingerprint density at radius 2 is 1.13 bits per heavy atom. The zero-order valence-corrected chi connectivity index (χ0v) is 32.0. The molecule has 60 heavy (non-hydrogen) atoms. The van der Waals surface area contributed by atoms with Crippen LogP contribution in [0.5, 0.6) is 17.2 Å². The van der Waals surface area contributed by atoms with Crippen LogP contribution in [0.3, 0.4) is 0 Å². The first-order chi connectivity index (χ1) is 29.7. The zero-order valence-electron chi connectivity index (χ0n) is 32.0. The lowest BCUT2D eigenvalue weighted by molar-refractivity contribution is 0.479. The minimum Gasteiger partial charge on any atom is -0.551 e. The standard InChI is InChI=1S/C54H30BNO4/c1-5-18-43-36(13-1)37-14-2-6-19-44(37)56(43)34-12-9-11-31(27-34)33-28-41-39-16-4-8-21-46(39)60-55-42-29-32(23-25-47(42)57-50(30-33)53(41)55)35-17-10-22-48-51(35)52-49(58-48)26-24-40-38-15-3-7-20-45(38)59-54(40)52/h1-30H. The van der Waals surface area contributed by atoms with Crippen LogP contribution in [0, 0.1) is 0 Å². The van der Waals surface area contributed by atoms with Gasteiger partial charge in [-0.05, 0) is 101 Å². The van der Waals surface area contributed by atoms with Gasteiger partial charge in [-0.15, -0.1) is 0 Å². The molecule has 0 unspecified atom stereocenters. The van der Waals surface area contributed by atoms with Crippen LogP contribution < -0.4 is 20.3 Å². The Hall–Kier alpha value is -7.96. The van der Waals surface area contributed by atoms with E-state index in [-0.39, 0.29) is 6.92 Å². The van der Waals surface area contributed by atoms with Crippen molar-refractivity contribution in [2.75, 3.05) is 0 Å². The summed E-state index contributed by atoms with van der Waals surface area (Å²) in [5.41, 5.74) is 15.3. The van der Waals surface area contributed by atoms with Crippen molar-refractivity contribution < 1.29 is 18.2 Å². The molecule has 0 atom stereocenters. The molecule has 0 saturated carbocycles. The first-order valence-electron chi connectivity index (χ1n) is 20.3. The SMILES string of the molecule is c1cc(-c2cc3c4c(c2)-c2ccccc2OB4c2cc(-c4cccc5oc6ccc7c8ccccc8oc7c6c45)ccc2O3)cc(-n2c3ccccc3c3ccccc32)c1. The van der Waals surface area contributed by atoms with E-state index < -0.39 is 0 Å². The number of furan rings is 2. The summed E-state index contributed by atoms with van der Waals surface area (Å²) >= 11 is 0. The molecule has 0 radical (unpaired) electrons.